The second-order valence-corrected chi connectivity index (χ2v) is 4.71. The number of hydrogen-bond acceptors (Lipinski definition) is 4. The van der Waals surface area contributed by atoms with Crippen molar-refractivity contribution in [2.45, 2.75) is 0 Å². The number of pyridine rings is 1. The Bertz CT molecular complexity index is 836. The van der Waals surface area contributed by atoms with Gasteiger partial charge in [0.1, 0.15) is 5.75 Å². The lowest BCUT2D eigenvalue weighted by Crippen LogP contribution is -1.92. The van der Waals surface area contributed by atoms with E-state index in [0.717, 1.165) is 17.3 Å². The maximum atomic E-state index is 13.8. The number of ether oxygens (including phenoxy) is 1. The zero-order valence-corrected chi connectivity index (χ0v) is 11.8. The van der Waals surface area contributed by atoms with Crippen LogP contribution in [0.2, 0.25) is 0 Å². The second kappa shape index (κ2) is 6.23. The number of aromatic nitrogens is 1. The molecule has 3 rings (SSSR count). The Labute approximate surface area is 131 Å². The molecule has 0 saturated heterocycles. The first kappa shape index (κ1) is 14.6. The first-order chi connectivity index (χ1) is 11.1. The van der Waals surface area contributed by atoms with Crippen LogP contribution in [0.1, 0.15) is 0 Å². The van der Waals surface area contributed by atoms with Gasteiger partial charge in [0.2, 0.25) is 0 Å². The van der Waals surface area contributed by atoms with E-state index in [0.29, 0.717) is 5.75 Å². The van der Waals surface area contributed by atoms with Crippen molar-refractivity contribution in [3.63, 3.8) is 0 Å². The third kappa shape index (κ3) is 3.32. The molecule has 114 valence electrons. The highest BCUT2D eigenvalue weighted by Crippen LogP contribution is 2.28. The molecule has 1 heterocycles. The molecule has 3 aromatic rings. The number of benzene rings is 2. The lowest BCUT2D eigenvalue weighted by Gasteiger charge is -2.07. The molecule has 0 unspecified atom stereocenters. The highest BCUT2D eigenvalue weighted by atomic mass is 19.1. The maximum Gasteiger partial charge on any atom is 0.272 e. The Hall–Kier alpha value is -3.28. The molecular weight excluding hydrogens is 299 g/mol. The summed E-state index contributed by atoms with van der Waals surface area (Å²) in [6, 6.07) is 15.8. The zero-order chi connectivity index (χ0) is 16.2. The molecule has 0 aliphatic rings. The fourth-order valence-corrected chi connectivity index (χ4v) is 2.04. The minimum absolute atomic E-state index is 0.0683. The van der Waals surface area contributed by atoms with E-state index in [4.69, 9.17) is 4.74 Å². The van der Waals surface area contributed by atoms with Crippen molar-refractivity contribution < 1.29 is 14.1 Å². The van der Waals surface area contributed by atoms with Crippen LogP contribution < -0.4 is 4.74 Å². The van der Waals surface area contributed by atoms with E-state index in [9.17, 15) is 14.5 Å². The molecule has 5 nitrogen and oxygen atoms in total. The van der Waals surface area contributed by atoms with Gasteiger partial charge in [-0.15, -0.1) is 0 Å². The van der Waals surface area contributed by atoms with Crippen LogP contribution in [-0.4, -0.2) is 9.91 Å². The van der Waals surface area contributed by atoms with Gasteiger partial charge in [-0.2, -0.15) is 0 Å². The minimum Gasteiger partial charge on any atom is -0.454 e. The summed E-state index contributed by atoms with van der Waals surface area (Å²) in [7, 11) is 0. The average Bonchev–Trinajstić information content (AvgIpc) is 2.58. The van der Waals surface area contributed by atoms with E-state index < -0.39 is 10.7 Å². The van der Waals surface area contributed by atoms with E-state index >= 15 is 0 Å². The SMILES string of the molecule is O=[N+]([O-])c1ccc(Oc2ccc(-c3ccccn3)cc2)c(F)c1. The number of halogens is 1. The van der Waals surface area contributed by atoms with Crippen molar-refractivity contribution in [2.24, 2.45) is 0 Å². The number of rotatable bonds is 4. The summed E-state index contributed by atoms with van der Waals surface area (Å²) in [5.74, 6) is -0.424. The molecule has 23 heavy (non-hydrogen) atoms. The molecule has 0 atom stereocenters. The smallest absolute Gasteiger partial charge is 0.272 e. The minimum atomic E-state index is -0.784. The van der Waals surface area contributed by atoms with E-state index in [1.807, 2.05) is 18.2 Å². The molecule has 0 spiro atoms. The van der Waals surface area contributed by atoms with Crippen LogP contribution in [0, 0.1) is 15.9 Å². The summed E-state index contributed by atoms with van der Waals surface area (Å²) >= 11 is 0. The summed E-state index contributed by atoms with van der Waals surface area (Å²) in [5, 5.41) is 10.6. The molecule has 0 amide bonds. The molecule has 0 aliphatic carbocycles. The molecule has 6 heteroatoms. The van der Waals surface area contributed by atoms with Gasteiger partial charge in [-0.1, -0.05) is 6.07 Å². The van der Waals surface area contributed by atoms with Gasteiger partial charge in [-0.3, -0.25) is 15.1 Å². The van der Waals surface area contributed by atoms with E-state index in [-0.39, 0.29) is 11.4 Å². The van der Waals surface area contributed by atoms with Crippen molar-refractivity contribution in [1.29, 1.82) is 0 Å². The van der Waals surface area contributed by atoms with Crippen LogP contribution in [0.25, 0.3) is 11.3 Å². The largest absolute Gasteiger partial charge is 0.454 e. The molecule has 0 radical (unpaired) electrons. The van der Waals surface area contributed by atoms with Crippen LogP contribution in [0.15, 0.2) is 66.9 Å². The fourth-order valence-electron chi connectivity index (χ4n) is 2.04. The predicted molar refractivity (Wildman–Crippen MR) is 82.8 cm³/mol. The first-order valence-electron chi connectivity index (χ1n) is 6.77. The van der Waals surface area contributed by atoms with Crippen LogP contribution >= 0.6 is 0 Å². The monoisotopic (exact) mass is 310 g/mol. The normalized spacial score (nSPS) is 10.3. The van der Waals surface area contributed by atoms with E-state index in [2.05, 4.69) is 4.98 Å². The van der Waals surface area contributed by atoms with Gasteiger partial charge in [0, 0.05) is 17.8 Å². The number of nitrogens with zero attached hydrogens (tertiary/aromatic N) is 2. The number of non-ortho nitro benzene ring substituents is 1. The predicted octanol–water partition coefficient (Wildman–Crippen LogP) is 4.59. The Morgan fingerprint density at radius 3 is 2.43 bits per heavy atom. The Morgan fingerprint density at radius 2 is 1.83 bits per heavy atom. The fraction of sp³-hybridized carbons (Fsp3) is 0. The zero-order valence-electron chi connectivity index (χ0n) is 11.8. The molecule has 1 aromatic heterocycles. The molecular formula is C17H11FN2O3. The lowest BCUT2D eigenvalue weighted by molar-refractivity contribution is -0.385. The van der Waals surface area contributed by atoms with Gasteiger partial charge in [0.25, 0.3) is 5.69 Å². The molecule has 0 bridgehead atoms. The van der Waals surface area contributed by atoms with Gasteiger partial charge >= 0.3 is 0 Å². The summed E-state index contributed by atoms with van der Waals surface area (Å²) in [4.78, 5) is 14.2. The first-order valence-corrected chi connectivity index (χ1v) is 6.77. The highest BCUT2D eigenvalue weighted by molar-refractivity contribution is 5.59. The van der Waals surface area contributed by atoms with Crippen molar-refractivity contribution >= 4 is 5.69 Å². The summed E-state index contributed by atoms with van der Waals surface area (Å²) < 4.78 is 19.2. The van der Waals surface area contributed by atoms with Gasteiger partial charge in [0.05, 0.1) is 16.7 Å². The average molecular weight is 310 g/mol. The quantitative estimate of drug-likeness (QED) is 0.522. The number of nitro groups is 1. The van der Waals surface area contributed by atoms with Gasteiger partial charge in [-0.05, 0) is 42.5 Å². The highest BCUT2D eigenvalue weighted by Gasteiger charge is 2.12. The van der Waals surface area contributed by atoms with Gasteiger partial charge in [-0.25, -0.2) is 4.39 Å². The van der Waals surface area contributed by atoms with Crippen LogP contribution in [0.5, 0.6) is 11.5 Å². The molecule has 0 aliphatic heterocycles. The van der Waals surface area contributed by atoms with Crippen molar-refractivity contribution in [3.8, 4) is 22.8 Å². The number of hydrogen-bond donors (Lipinski definition) is 0. The maximum absolute atomic E-state index is 13.8. The third-order valence-electron chi connectivity index (χ3n) is 3.17. The Balaban J connectivity index is 1.80. The number of nitro benzene ring substituents is 1. The summed E-state index contributed by atoms with van der Waals surface area (Å²) in [6.45, 7) is 0. The molecule has 2 aromatic carbocycles. The summed E-state index contributed by atoms with van der Waals surface area (Å²) in [6.07, 6.45) is 1.70. The van der Waals surface area contributed by atoms with Crippen molar-refractivity contribution in [2.75, 3.05) is 0 Å². The Morgan fingerprint density at radius 1 is 1.04 bits per heavy atom. The van der Waals surface area contributed by atoms with Crippen molar-refractivity contribution in [1.82, 2.24) is 4.98 Å². The standard InChI is InChI=1S/C17H11FN2O3/c18-15-11-13(20(21)22)6-9-17(15)23-14-7-4-12(5-8-14)16-3-1-2-10-19-16/h1-11H. The van der Waals surface area contributed by atoms with Crippen molar-refractivity contribution in [3.05, 3.63) is 82.8 Å². The van der Waals surface area contributed by atoms with Crippen LogP contribution in [-0.2, 0) is 0 Å². The molecule has 0 fully saturated rings. The topological polar surface area (TPSA) is 65.3 Å². The third-order valence-corrected chi connectivity index (χ3v) is 3.17. The van der Waals surface area contributed by atoms with Gasteiger partial charge in [0.15, 0.2) is 11.6 Å². The Kier molecular flexibility index (Phi) is 3.97. The lowest BCUT2D eigenvalue weighted by atomic mass is 10.1. The van der Waals surface area contributed by atoms with Crippen LogP contribution in [0.3, 0.4) is 0 Å². The van der Waals surface area contributed by atoms with E-state index in [1.54, 1.807) is 30.5 Å². The van der Waals surface area contributed by atoms with E-state index in [1.165, 1.54) is 12.1 Å². The van der Waals surface area contributed by atoms with Gasteiger partial charge < -0.3 is 4.74 Å². The summed E-state index contributed by atoms with van der Waals surface area (Å²) in [5.41, 5.74) is 1.41. The second-order valence-electron chi connectivity index (χ2n) is 4.71. The molecule has 0 N–H and O–H groups in total. The van der Waals surface area contributed by atoms with Crippen LogP contribution in [0.4, 0.5) is 10.1 Å². The molecule has 0 saturated carbocycles.